The Kier molecular flexibility index (Phi) is 5.62. The molecule has 0 bridgehead atoms. The van der Waals surface area contributed by atoms with Crippen LogP contribution in [0.3, 0.4) is 0 Å². The van der Waals surface area contributed by atoms with Crippen LogP contribution in [0.2, 0.25) is 0 Å². The molecular weight excluding hydrogens is 340 g/mol. The molecule has 1 atom stereocenters. The summed E-state index contributed by atoms with van der Waals surface area (Å²) in [5, 5.41) is 5.55. The number of aromatic nitrogens is 1. The van der Waals surface area contributed by atoms with E-state index in [9.17, 15) is 9.59 Å². The minimum atomic E-state index is -0.393. The van der Waals surface area contributed by atoms with Crippen molar-refractivity contribution in [2.75, 3.05) is 18.9 Å². The summed E-state index contributed by atoms with van der Waals surface area (Å²) in [7, 11) is 0. The molecule has 1 saturated heterocycles. The van der Waals surface area contributed by atoms with Crippen molar-refractivity contribution in [3.8, 4) is 0 Å². The monoisotopic (exact) mass is 360 g/mol. The first-order chi connectivity index (χ1) is 12.1. The normalized spacial score (nSPS) is 16.6. The highest BCUT2D eigenvalue weighted by Crippen LogP contribution is 2.22. The van der Waals surface area contributed by atoms with E-state index in [-0.39, 0.29) is 28.3 Å². The minimum Gasteiger partial charge on any atom is -0.395 e. The SMILES string of the molecule is Nc1c(C(=O)NCc2ccccc2)nsc1C(=O)NC[C@H]1CCCO1. The molecule has 4 N–H and O–H groups in total. The van der Waals surface area contributed by atoms with Gasteiger partial charge in [0.05, 0.1) is 11.8 Å². The number of nitrogens with two attached hydrogens (primary N) is 1. The molecule has 2 amide bonds. The Morgan fingerprint density at radius 2 is 2.04 bits per heavy atom. The first-order valence-electron chi connectivity index (χ1n) is 8.12. The van der Waals surface area contributed by atoms with Crippen LogP contribution in [0.4, 0.5) is 5.69 Å². The fraction of sp³-hybridized carbons (Fsp3) is 0.353. The van der Waals surface area contributed by atoms with E-state index in [1.54, 1.807) is 0 Å². The number of ether oxygens (including phenoxy) is 1. The predicted molar refractivity (Wildman–Crippen MR) is 95.4 cm³/mol. The molecule has 8 heteroatoms. The zero-order valence-electron chi connectivity index (χ0n) is 13.7. The molecule has 0 aliphatic carbocycles. The van der Waals surface area contributed by atoms with Crippen LogP contribution in [-0.4, -0.2) is 35.4 Å². The summed E-state index contributed by atoms with van der Waals surface area (Å²) >= 11 is 0.928. The van der Waals surface area contributed by atoms with Crippen molar-refractivity contribution in [1.82, 2.24) is 15.0 Å². The minimum absolute atomic E-state index is 0.0479. The lowest BCUT2D eigenvalue weighted by molar-refractivity contribution is 0.0861. The quantitative estimate of drug-likeness (QED) is 0.725. The maximum Gasteiger partial charge on any atom is 0.273 e. The van der Waals surface area contributed by atoms with E-state index in [2.05, 4.69) is 15.0 Å². The zero-order chi connectivity index (χ0) is 17.6. The van der Waals surface area contributed by atoms with Gasteiger partial charge in [0.25, 0.3) is 11.8 Å². The molecule has 25 heavy (non-hydrogen) atoms. The summed E-state index contributed by atoms with van der Waals surface area (Å²) < 4.78 is 9.51. The second kappa shape index (κ2) is 8.09. The summed E-state index contributed by atoms with van der Waals surface area (Å²) in [6.45, 7) is 1.54. The van der Waals surface area contributed by atoms with Crippen molar-refractivity contribution >= 4 is 29.0 Å². The van der Waals surface area contributed by atoms with E-state index < -0.39 is 5.91 Å². The molecule has 0 saturated carbocycles. The molecule has 0 spiro atoms. The summed E-state index contributed by atoms with van der Waals surface area (Å²) in [5.41, 5.74) is 7.12. The molecule has 0 unspecified atom stereocenters. The Balaban J connectivity index is 1.57. The van der Waals surface area contributed by atoms with Crippen molar-refractivity contribution in [3.63, 3.8) is 0 Å². The smallest absolute Gasteiger partial charge is 0.273 e. The number of hydrogen-bond acceptors (Lipinski definition) is 6. The fourth-order valence-electron chi connectivity index (χ4n) is 2.58. The van der Waals surface area contributed by atoms with Gasteiger partial charge in [-0.2, -0.15) is 4.37 Å². The van der Waals surface area contributed by atoms with Gasteiger partial charge in [-0.05, 0) is 29.9 Å². The standard InChI is InChI=1S/C17H20N4O3S/c18-13-14(16(22)19-9-11-5-2-1-3-6-11)21-25-15(13)17(23)20-10-12-7-4-8-24-12/h1-3,5-6,12H,4,7-10,18H2,(H,19,22)(H,20,23)/t12-/m1/s1. The number of carbonyl (C=O) groups excluding carboxylic acids is 2. The van der Waals surface area contributed by atoms with Crippen LogP contribution in [0.25, 0.3) is 0 Å². The van der Waals surface area contributed by atoms with Gasteiger partial charge < -0.3 is 21.1 Å². The number of nitrogens with one attached hydrogen (secondary N) is 2. The van der Waals surface area contributed by atoms with E-state index in [0.717, 1.165) is 36.5 Å². The van der Waals surface area contributed by atoms with Crippen LogP contribution in [0.1, 0.15) is 38.6 Å². The van der Waals surface area contributed by atoms with Crippen LogP contribution >= 0.6 is 11.5 Å². The number of benzene rings is 1. The number of nitrogens with zero attached hydrogens (tertiary/aromatic N) is 1. The maximum atomic E-state index is 12.2. The molecule has 1 aromatic carbocycles. The molecule has 3 rings (SSSR count). The third-order valence-corrected chi connectivity index (χ3v) is 4.82. The van der Waals surface area contributed by atoms with Gasteiger partial charge in [0.1, 0.15) is 4.88 Å². The summed E-state index contributed by atoms with van der Waals surface area (Å²) in [5.74, 6) is -0.719. The van der Waals surface area contributed by atoms with Gasteiger partial charge in [-0.1, -0.05) is 30.3 Å². The lowest BCUT2D eigenvalue weighted by Crippen LogP contribution is -2.31. The van der Waals surface area contributed by atoms with Crippen LogP contribution in [0.15, 0.2) is 30.3 Å². The Bertz CT molecular complexity index is 742. The summed E-state index contributed by atoms with van der Waals surface area (Å²) in [6.07, 6.45) is 1.99. The van der Waals surface area contributed by atoms with Gasteiger partial charge in [-0.25, -0.2) is 0 Å². The van der Waals surface area contributed by atoms with Gasteiger partial charge in [-0.15, -0.1) is 0 Å². The van der Waals surface area contributed by atoms with Crippen LogP contribution < -0.4 is 16.4 Å². The van der Waals surface area contributed by atoms with Gasteiger partial charge in [0.2, 0.25) is 0 Å². The maximum absolute atomic E-state index is 12.2. The number of nitrogen functional groups attached to an aromatic ring is 1. The second-order valence-corrected chi connectivity index (χ2v) is 6.56. The van der Waals surface area contributed by atoms with Gasteiger partial charge in [0.15, 0.2) is 5.69 Å². The van der Waals surface area contributed by atoms with E-state index in [1.807, 2.05) is 30.3 Å². The molecule has 7 nitrogen and oxygen atoms in total. The third-order valence-electron chi connectivity index (χ3n) is 3.96. The third kappa shape index (κ3) is 4.34. The van der Waals surface area contributed by atoms with Crippen LogP contribution in [0.5, 0.6) is 0 Å². The summed E-state index contributed by atoms with van der Waals surface area (Å²) in [4.78, 5) is 24.7. The molecular formula is C17H20N4O3S. The van der Waals surface area contributed by atoms with Crippen molar-refractivity contribution in [1.29, 1.82) is 0 Å². The van der Waals surface area contributed by atoms with Crippen molar-refractivity contribution < 1.29 is 14.3 Å². The van der Waals surface area contributed by atoms with E-state index in [4.69, 9.17) is 10.5 Å². The second-order valence-electron chi connectivity index (χ2n) is 5.79. The molecule has 1 fully saturated rings. The first kappa shape index (κ1) is 17.4. The zero-order valence-corrected chi connectivity index (χ0v) is 14.5. The highest BCUT2D eigenvalue weighted by molar-refractivity contribution is 7.09. The van der Waals surface area contributed by atoms with Crippen molar-refractivity contribution in [2.24, 2.45) is 0 Å². The molecule has 2 aromatic rings. The van der Waals surface area contributed by atoms with Crippen molar-refractivity contribution in [3.05, 3.63) is 46.5 Å². The van der Waals surface area contributed by atoms with Crippen LogP contribution in [0, 0.1) is 0 Å². The number of carbonyl (C=O) groups is 2. The van der Waals surface area contributed by atoms with Gasteiger partial charge in [0, 0.05) is 19.7 Å². The average Bonchev–Trinajstić information content (AvgIpc) is 3.28. The number of anilines is 1. The fourth-order valence-corrected chi connectivity index (χ4v) is 3.29. The molecule has 1 aliphatic heterocycles. The average molecular weight is 360 g/mol. The predicted octanol–water partition coefficient (Wildman–Crippen LogP) is 1.56. The Hall–Kier alpha value is -2.45. The van der Waals surface area contributed by atoms with E-state index >= 15 is 0 Å². The van der Waals surface area contributed by atoms with Gasteiger partial charge in [-0.3, -0.25) is 9.59 Å². The Morgan fingerprint density at radius 1 is 1.24 bits per heavy atom. The molecule has 2 heterocycles. The summed E-state index contributed by atoms with van der Waals surface area (Å²) in [6, 6.07) is 9.53. The number of hydrogen-bond donors (Lipinski definition) is 3. The molecule has 132 valence electrons. The molecule has 1 aliphatic rings. The Labute approximate surface area is 149 Å². The van der Waals surface area contributed by atoms with Gasteiger partial charge >= 0.3 is 0 Å². The molecule has 0 radical (unpaired) electrons. The van der Waals surface area contributed by atoms with E-state index in [1.165, 1.54) is 0 Å². The van der Waals surface area contributed by atoms with E-state index in [0.29, 0.717) is 13.1 Å². The highest BCUT2D eigenvalue weighted by Gasteiger charge is 2.23. The topological polar surface area (TPSA) is 106 Å². The lowest BCUT2D eigenvalue weighted by atomic mass is 10.2. The number of rotatable bonds is 6. The number of amides is 2. The molecule has 1 aromatic heterocycles. The van der Waals surface area contributed by atoms with Crippen molar-refractivity contribution in [2.45, 2.75) is 25.5 Å². The largest absolute Gasteiger partial charge is 0.395 e. The highest BCUT2D eigenvalue weighted by atomic mass is 32.1. The Morgan fingerprint density at radius 3 is 2.76 bits per heavy atom. The lowest BCUT2D eigenvalue weighted by Gasteiger charge is -2.10. The first-order valence-corrected chi connectivity index (χ1v) is 8.89. The van der Waals surface area contributed by atoms with Crippen LogP contribution in [-0.2, 0) is 11.3 Å².